The fraction of sp³-hybridized carbons (Fsp3) is 0.476. The summed E-state index contributed by atoms with van der Waals surface area (Å²) in [7, 11) is 0. The van der Waals surface area contributed by atoms with Crippen LogP contribution in [-0.4, -0.2) is 51.8 Å². The average Bonchev–Trinajstić information content (AvgIpc) is 3.37. The number of piperidine rings is 1. The molecule has 2 unspecified atom stereocenters. The van der Waals surface area contributed by atoms with Gasteiger partial charge in [0.15, 0.2) is 10.6 Å². The summed E-state index contributed by atoms with van der Waals surface area (Å²) < 4.78 is 0. The topological polar surface area (TPSA) is 77.4 Å². The molecule has 2 atom stereocenters. The predicted octanol–water partition coefficient (Wildman–Crippen LogP) is 4.20. The van der Waals surface area contributed by atoms with E-state index in [4.69, 9.17) is 9.97 Å². The number of aliphatic hydroxyl groups is 1. The van der Waals surface area contributed by atoms with Gasteiger partial charge in [-0.2, -0.15) is 9.97 Å². The third-order valence-electron chi connectivity index (χ3n) is 5.86. The standard InChI is InChI=1S/C21H26N6OS.ClH/c1-14-5-3-10-27(14)16-7-2-6-15(11-16)23-19-18-20(29-13-22-18)25-21(24-19)26-9-4-8-17(28)12-26;/h2,6-7,11,13-14,17,28H,3-5,8-10,12H2,1H3,(H,23,24,25);1H. The van der Waals surface area contributed by atoms with E-state index in [0.29, 0.717) is 18.5 Å². The molecule has 2 fully saturated rings. The van der Waals surface area contributed by atoms with Crippen LogP contribution in [0.5, 0.6) is 0 Å². The van der Waals surface area contributed by atoms with Gasteiger partial charge in [-0.15, -0.1) is 23.7 Å². The monoisotopic (exact) mass is 446 g/mol. The van der Waals surface area contributed by atoms with Crippen LogP contribution < -0.4 is 15.1 Å². The number of β-amino-alcohol motifs (C(OH)–C–C–N with tert-alkyl or cyclic N) is 1. The number of halogens is 1. The van der Waals surface area contributed by atoms with Crippen molar-refractivity contribution in [3.8, 4) is 0 Å². The molecule has 0 amide bonds. The number of aliphatic hydroxyl groups excluding tert-OH is 1. The zero-order valence-corrected chi connectivity index (χ0v) is 18.6. The second-order valence-corrected chi connectivity index (χ2v) is 8.81. The Kier molecular flexibility index (Phi) is 6.26. The molecule has 160 valence electrons. The summed E-state index contributed by atoms with van der Waals surface area (Å²) in [5, 5.41) is 13.5. The molecule has 0 aliphatic carbocycles. The molecule has 7 nitrogen and oxygen atoms in total. The maximum absolute atomic E-state index is 10.0. The second kappa shape index (κ2) is 8.91. The van der Waals surface area contributed by atoms with Crippen LogP contribution in [0.15, 0.2) is 29.8 Å². The maximum atomic E-state index is 10.0. The van der Waals surface area contributed by atoms with Crippen molar-refractivity contribution in [2.45, 2.75) is 44.8 Å². The smallest absolute Gasteiger partial charge is 0.228 e. The van der Waals surface area contributed by atoms with E-state index >= 15 is 0 Å². The lowest BCUT2D eigenvalue weighted by Crippen LogP contribution is -2.39. The molecule has 9 heteroatoms. The molecule has 0 saturated carbocycles. The van der Waals surface area contributed by atoms with Crippen molar-refractivity contribution in [2.75, 3.05) is 34.8 Å². The minimum absolute atomic E-state index is 0. The first-order valence-corrected chi connectivity index (χ1v) is 11.2. The minimum Gasteiger partial charge on any atom is -0.391 e. The van der Waals surface area contributed by atoms with Gasteiger partial charge in [0.1, 0.15) is 5.52 Å². The number of aromatic nitrogens is 3. The Hall–Kier alpha value is -2.16. The molecule has 0 spiro atoms. The lowest BCUT2D eigenvalue weighted by atomic mass is 10.1. The number of fused-ring (bicyclic) bond motifs is 1. The number of hydrogen-bond acceptors (Lipinski definition) is 8. The zero-order valence-electron chi connectivity index (χ0n) is 17.0. The van der Waals surface area contributed by atoms with Crippen molar-refractivity contribution in [3.05, 3.63) is 29.8 Å². The van der Waals surface area contributed by atoms with Crippen molar-refractivity contribution in [3.63, 3.8) is 0 Å². The molecule has 2 aliphatic heterocycles. The summed E-state index contributed by atoms with van der Waals surface area (Å²) in [6.45, 7) is 4.83. The van der Waals surface area contributed by atoms with Gasteiger partial charge in [0.2, 0.25) is 5.95 Å². The fourth-order valence-corrected chi connectivity index (χ4v) is 4.98. The molecule has 4 heterocycles. The Balaban J connectivity index is 0.00000218. The molecule has 5 rings (SSSR count). The Morgan fingerprint density at radius 2 is 2.03 bits per heavy atom. The quantitative estimate of drug-likeness (QED) is 0.621. The molecule has 2 aliphatic rings. The number of benzene rings is 1. The molecule has 2 N–H and O–H groups in total. The van der Waals surface area contributed by atoms with Crippen LogP contribution >= 0.6 is 23.7 Å². The number of nitrogens with zero attached hydrogens (tertiary/aromatic N) is 5. The van der Waals surface area contributed by atoms with Gasteiger partial charge < -0.3 is 20.2 Å². The molecule has 2 aromatic heterocycles. The van der Waals surface area contributed by atoms with Gasteiger partial charge in [-0.1, -0.05) is 6.07 Å². The van der Waals surface area contributed by atoms with Crippen molar-refractivity contribution >= 4 is 57.2 Å². The average molecular weight is 447 g/mol. The third-order valence-corrected chi connectivity index (χ3v) is 6.58. The van der Waals surface area contributed by atoms with Crippen LogP contribution in [0.2, 0.25) is 0 Å². The Bertz CT molecular complexity index is 1010. The van der Waals surface area contributed by atoms with Crippen molar-refractivity contribution in [1.29, 1.82) is 0 Å². The number of anilines is 4. The molecule has 2 saturated heterocycles. The molecular weight excluding hydrogens is 420 g/mol. The maximum Gasteiger partial charge on any atom is 0.228 e. The minimum atomic E-state index is -0.319. The van der Waals surface area contributed by atoms with Crippen molar-refractivity contribution in [2.24, 2.45) is 0 Å². The first kappa shape index (κ1) is 21.1. The van der Waals surface area contributed by atoms with Crippen molar-refractivity contribution < 1.29 is 5.11 Å². The fourth-order valence-electron chi connectivity index (χ4n) is 4.33. The van der Waals surface area contributed by atoms with Crippen LogP contribution in [0.1, 0.15) is 32.6 Å². The number of hydrogen-bond donors (Lipinski definition) is 2. The van der Waals surface area contributed by atoms with E-state index in [9.17, 15) is 5.11 Å². The number of rotatable bonds is 4. The Morgan fingerprint density at radius 3 is 2.83 bits per heavy atom. The van der Waals surface area contributed by atoms with Gasteiger partial charge in [0.05, 0.1) is 11.6 Å². The molecule has 1 aromatic carbocycles. The van der Waals surface area contributed by atoms with Gasteiger partial charge in [-0.3, -0.25) is 0 Å². The highest BCUT2D eigenvalue weighted by atomic mass is 35.5. The van der Waals surface area contributed by atoms with Gasteiger partial charge in [0, 0.05) is 37.1 Å². The second-order valence-electron chi connectivity index (χ2n) is 7.98. The normalized spacial score (nSPS) is 21.7. The summed E-state index contributed by atoms with van der Waals surface area (Å²) in [5.41, 5.74) is 4.83. The molecule has 30 heavy (non-hydrogen) atoms. The van der Waals surface area contributed by atoms with E-state index in [0.717, 1.165) is 47.8 Å². The Morgan fingerprint density at radius 1 is 1.17 bits per heavy atom. The number of thiazole rings is 1. The summed E-state index contributed by atoms with van der Waals surface area (Å²) in [5.74, 6) is 1.38. The van der Waals surface area contributed by atoms with Crippen LogP contribution in [0.25, 0.3) is 10.3 Å². The van der Waals surface area contributed by atoms with E-state index in [2.05, 4.69) is 51.3 Å². The SMILES string of the molecule is CC1CCCN1c1cccc(Nc2nc(N3CCCC(O)C3)nc3scnc23)c1.Cl. The number of nitrogens with one attached hydrogen (secondary N) is 1. The largest absolute Gasteiger partial charge is 0.391 e. The van der Waals surface area contributed by atoms with Gasteiger partial charge in [0.25, 0.3) is 0 Å². The first-order chi connectivity index (χ1) is 14.2. The van der Waals surface area contributed by atoms with Gasteiger partial charge in [-0.05, 0) is 50.8 Å². The highest BCUT2D eigenvalue weighted by Crippen LogP contribution is 2.31. The van der Waals surface area contributed by atoms with E-state index in [1.807, 2.05) is 5.51 Å². The van der Waals surface area contributed by atoms with Gasteiger partial charge >= 0.3 is 0 Å². The van der Waals surface area contributed by atoms with E-state index in [1.54, 1.807) is 0 Å². The summed E-state index contributed by atoms with van der Waals surface area (Å²) in [4.78, 5) is 19.4. The van der Waals surface area contributed by atoms with Crippen molar-refractivity contribution in [1.82, 2.24) is 15.0 Å². The first-order valence-electron chi connectivity index (χ1n) is 10.4. The summed E-state index contributed by atoms with van der Waals surface area (Å²) in [6, 6.07) is 9.09. The highest BCUT2D eigenvalue weighted by molar-refractivity contribution is 7.16. The third kappa shape index (κ3) is 4.17. The van der Waals surface area contributed by atoms with Gasteiger partial charge in [-0.25, -0.2) is 4.98 Å². The molecule has 3 aromatic rings. The predicted molar refractivity (Wildman–Crippen MR) is 126 cm³/mol. The van der Waals surface area contributed by atoms with E-state index in [1.165, 1.54) is 29.9 Å². The van der Waals surface area contributed by atoms with E-state index < -0.39 is 0 Å². The van der Waals surface area contributed by atoms with Crippen LogP contribution in [0, 0.1) is 0 Å². The lowest BCUT2D eigenvalue weighted by molar-refractivity contribution is 0.153. The van der Waals surface area contributed by atoms with Crippen LogP contribution in [-0.2, 0) is 0 Å². The molecule has 0 bridgehead atoms. The Labute approximate surface area is 186 Å². The molecular formula is C21H27ClN6OS. The molecule has 0 radical (unpaired) electrons. The summed E-state index contributed by atoms with van der Waals surface area (Å²) >= 11 is 1.52. The van der Waals surface area contributed by atoms with E-state index in [-0.39, 0.29) is 18.5 Å². The zero-order chi connectivity index (χ0) is 19.8. The van der Waals surface area contributed by atoms with Crippen LogP contribution in [0.3, 0.4) is 0 Å². The lowest BCUT2D eigenvalue weighted by Gasteiger charge is -2.30. The summed E-state index contributed by atoms with van der Waals surface area (Å²) in [6.07, 6.45) is 3.96. The highest BCUT2D eigenvalue weighted by Gasteiger charge is 2.23. The van der Waals surface area contributed by atoms with Crippen LogP contribution in [0.4, 0.5) is 23.1 Å².